The molecule has 5 nitrogen and oxygen atoms in total. The lowest BCUT2D eigenvalue weighted by molar-refractivity contribution is 0.118. The maximum Gasteiger partial charge on any atom is 0.234 e. The van der Waals surface area contributed by atoms with Gasteiger partial charge >= 0.3 is 0 Å². The van der Waals surface area contributed by atoms with Crippen LogP contribution in [0.2, 0.25) is 0 Å². The van der Waals surface area contributed by atoms with Crippen LogP contribution < -0.4 is 5.32 Å². The summed E-state index contributed by atoms with van der Waals surface area (Å²) >= 11 is 0. The minimum absolute atomic E-state index is 0.0902. The van der Waals surface area contributed by atoms with Crippen LogP contribution in [-0.2, 0) is 11.8 Å². The molecule has 2 fully saturated rings. The predicted octanol–water partition coefficient (Wildman–Crippen LogP) is 0.425. The number of likely N-dealkylation sites (tertiary alicyclic amines) is 1. The third-order valence-electron chi connectivity index (χ3n) is 4.29. The molecule has 3 rings (SSSR count). The molecule has 2 aliphatic rings. The van der Waals surface area contributed by atoms with E-state index in [-0.39, 0.29) is 5.41 Å². The zero-order chi connectivity index (χ0) is 11.9. The normalized spacial score (nSPS) is 33.9. The Labute approximate surface area is 102 Å². The maximum absolute atomic E-state index is 5.52. The molecule has 1 aromatic heterocycles. The van der Waals surface area contributed by atoms with Crippen LogP contribution in [0.5, 0.6) is 0 Å². The Morgan fingerprint density at radius 2 is 2.47 bits per heavy atom. The van der Waals surface area contributed by atoms with Gasteiger partial charge in [0.05, 0.1) is 5.41 Å². The first kappa shape index (κ1) is 11.2. The quantitative estimate of drug-likeness (QED) is 0.807. The van der Waals surface area contributed by atoms with Gasteiger partial charge in [-0.2, -0.15) is 4.98 Å². The van der Waals surface area contributed by atoms with Crippen LogP contribution in [-0.4, -0.2) is 48.3 Å². The van der Waals surface area contributed by atoms with Crippen LogP contribution in [0, 0.1) is 5.92 Å². The average Bonchev–Trinajstić information content (AvgIpc) is 2.94. The largest absolute Gasteiger partial charge is 0.339 e. The number of nitrogens with zero attached hydrogens (tertiary/aromatic N) is 3. The van der Waals surface area contributed by atoms with Crippen molar-refractivity contribution < 1.29 is 4.52 Å². The zero-order valence-electron chi connectivity index (χ0n) is 10.6. The number of aromatic nitrogens is 2. The van der Waals surface area contributed by atoms with Crippen molar-refractivity contribution in [1.29, 1.82) is 0 Å². The van der Waals surface area contributed by atoms with Crippen LogP contribution in [0.3, 0.4) is 0 Å². The van der Waals surface area contributed by atoms with Crippen molar-refractivity contribution in [2.75, 3.05) is 33.2 Å². The van der Waals surface area contributed by atoms with Crippen LogP contribution in [0.4, 0.5) is 0 Å². The van der Waals surface area contributed by atoms with Crippen molar-refractivity contribution in [3.05, 3.63) is 11.7 Å². The standard InChI is InChI=1S/C12H20N4O/c1-3-10-14-11(17-15-10)12-4-5-16(2)7-9(12)6-13-8-12/h9,13H,3-8H2,1-2H3/t9-,12+/m0/s1. The van der Waals surface area contributed by atoms with E-state index in [4.69, 9.17) is 4.52 Å². The molecule has 5 heteroatoms. The Bertz CT molecular complexity index is 405. The molecule has 0 radical (unpaired) electrons. The van der Waals surface area contributed by atoms with Gasteiger partial charge in [0.1, 0.15) is 0 Å². The van der Waals surface area contributed by atoms with Gasteiger partial charge in [-0.15, -0.1) is 0 Å². The number of hydrogen-bond donors (Lipinski definition) is 1. The van der Waals surface area contributed by atoms with E-state index in [0.29, 0.717) is 5.92 Å². The fourth-order valence-electron chi connectivity index (χ4n) is 3.16. The number of aryl methyl sites for hydroxylation is 1. The lowest BCUT2D eigenvalue weighted by atomic mass is 9.72. The van der Waals surface area contributed by atoms with Crippen molar-refractivity contribution in [2.24, 2.45) is 5.92 Å². The lowest BCUT2D eigenvalue weighted by Gasteiger charge is -2.39. The Kier molecular flexibility index (Phi) is 2.67. The average molecular weight is 236 g/mol. The fourth-order valence-corrected chi connectivity index (χ4v) is 3.16. The highest BCUT2D eigenvalue weighted by Crippen LogP contribution is 2.41. The molecule has 0 saturated carbocycles. The van der Waals surface area contributed by atoms with E-state index >= 15 is 0 Å². The van der Waals surface area contributed by atoms with Crippen molar-refractivity contribution in [1.82, 2.24) is 20.4 Å². The Hall–Kier alpha value is -0.940. The molecule has 0 unspecified atom stereocenters. The van der Waals surface area contributed by atoms with E-state index in [0.717, 1.165) is 50.7 Å². The molecule has 2 atom stereocenters. The zero-order valence-corrected chi connectivity index (χ0v) is 10.6. The summed E-state index contributed by atoms with van der Waals surface area (Å²) in [6.07, 6.45) is 1.96. The Balaban J connectivity index is 1.93. The van der Waals surface area contributed by atoms with E-state index in [9.17, 15) is 0 Å². The minimum atomic E-state index is 0.0902. The van der Waals surface area contributed by atoms with Crippen LogP contribution in [0.1, 0.15) is 25.1 Å². The Morgan fingerprint density at radius 3 is 3.24 bits per heavy atom. The van der Waals surface area contributed by atoms with Crippen LogP contribution >= 0.6 is 0 Å². The third-order valence-corrected chi connectivity index (χ3v) is 4.29. The first-order valence-corrected chi connectivity index (χ1v) is 6.47. The number of fused-ring (bicyclic) bond motifs is 1. The van der Waals surface area contributed by atoms with Gasteiger partial charge in [0.25, 0.3) is 0 Å². The molecule has 2 aliphatic heterocycles. The summed E-state index contributed by atoms with van der Waals surface area (Å²) in [5.41, 5.74) is 0.0902. The molecule has 0 spiro atoms. The first-order valence-electron chi connectivity index (χ1n) is 6.47. The van der Waals surface area contributed by atoms with Crippen molar-refractivity contribution in [2.45, 2.75) is 25.2 Å². The molecule has 0 aliphatic carbocycles. The summed E-state index contributed by atoms with van der Waals surface area (Å²) in [7, 11) is 2.19. The second-order valence-electron chi connectivity index (χ2n) is 5.37. The molecular formula is C12H20N4O. The monoisotopic (exact) mass is 236 g/mol. The highest BCUT2D eigenvalue weighted by molar-refractivity contribution is 5.16. The minimum Gasteiger partial charge on any atom is -0.339 e. The number of nitrogens with one attached hydrogen (secondary N) is 1. The smallest absolute Gasteiger partial charge is 0.234 e. The van der Waals surface area contributed by atoms with E-state index in [1.54, 1.807) is 0 Å². The second-order valence-corrected chi connectivity index (χ2v) is 5.37. The molecule has 3 heterocycles. The number of hydrogen-bond acceptors (Lipinski definition) is 5. The second kappa shape index (κ2) is 4.07. The fraction of sp³-hybridized carbons (Fsp3) is 0.833. The summed E-state index contributed by atoms with van der Waals surface area (Å²) in [5, 5.41) is 7.55. The van der Waals surface area contributed by atoms with Gasteiger partial charge in [-0.1, -0.05) is 12.1 Å². The number of piperidine rings is 1. The van der Waals surface area contributed by atoms with Gasteiger partial charge < -0.3 is 14.7 Å². The summed E-state index contributed by atoms with van der Waals surface area (Å²) in [6, 6.07) is 0. The molecule has 1 N–H and O–H groups in total. The van der Waals surface area contributed by atoms with E-state index in [2.05, 4.69) is 34.3 Å². The SMILES string of the molecule is CCc1noc([C@@]23CCN(C)C[C@@H]2CNC3)n1. The molecule has 0 amide bonds. The van der Waals surface area contributed by atoms with Crippen LogP contribution in [0.25, 0.3) is 0 Å². The van der Waals surface area contributed by atoms with E-state index in [1.165, 1.54) is 0 Å². The molecule has 2 saturated heterocycles. The van der Waals surface area contributed by atoms with Gasteiger partial charge in [-0.3, -0.25) is 0 Å². The highest BCUT2D eigenvalue weighted by Gasteiger charge is 2.50. The summed E-state index contributed by atoms with van der Waals surface area (Å²) in [4.78, 5) is 6.97. The van der Waals surface area contributed by atoms with Crippen LogP contribution in [0.15, 0.2) is 4.52 Å². The highest BCUT2D eigenvalue weighted by atomic mass is 16.5. The van der Waals surface area contributed by atoms with Gasteiger partial charge in [0.2, 0.25) is 5.89 Å². The number of rotatable bonds is 2. The Morgan fingerprint density at radius 1 is 1.59 bits per heavy atom. The topological polar surface area (TPSA) is 54.2 Å². The van der Waals surface area contributed by atoms with Crippen molar-refractivity contribution >= 4 is 0 Å². The van der Waals surface area contributed by atoms with Gasteiger partial charge in [-0.05, 0) is 25.9 Å². The maximum atomic E-state index is 5.52. The molecule has 1 aromatic rings. The predicted molar refractivity (Wildman–Crippen MR) is 63.8 cm³/mol. The molecular weight excluding hydrogens is 216 g/mol. The summed E-state index contributed by atoms with van der Waals surface area (Å²) in [5.74, 6) is 2.29. The lowest BCUT2D eigenvalue weighted by Crippen LogP contribution is -2.48. The summed E-state index contributed by atoms with van der Waals surface area (Å²) < 4.78 is 5.52. The first-order chi connectivity index (χ1) is 8.24. The van der Waals surface area contributed by atoms with Gasteiger partial charge in [0, 0.05) is 26.1 Å². The molecule has 0 bridgehead atoms. The van der Waals surface area contributed by atoms with E-state index < -0.39 is 0 Å². The van der Waals surface area contributed by atoms with E-state index in [1.807, 2.05) is 0 Å². The third kappa shape index (κ3) is 1.68. The van der Waals surface area contributed by atoms with Crippen molar-refractivity contribution in [3.8, 4) is 0 Å². The van der Waals surface area contributed by atoms with Crippen molar-refractivity contribution in [3.63, 3.8) is 0 Å². The molecule has 94 valence electrons. The van der Waals surface area contributed by atoms with Gasteiger partial charge in [0.15, 0.2) is 5.82 Å². The van der Waals surface area contributed by atoms with Gasteiger partial charge in [-0.25, -0.2) is 0 Å². The molecule has 0 aromatic carbocycles. The molecule has 17 heavy (non-hydrogen) atoms. The summed E-state index contributed by atoms with van der Waals surface area (Å²) in [6.45, 7) is 6.34.